The molecule has 0 saturated heterocycles. The number of thiazole rings is 1. The third-order valence-electron chi connectivity index (χ3n) is 2.06. The van der Waals surface area contributed by atoms with E-state index < -0.39 is 0 Å². The Morgan fingerprint density at radius 3 is 2.87 bits per heavy atom. The summed E-state index contributed by atoms with van der Waals surface area (Å²) in [5.41, 5.74) is 0.794. The van der Waals surface area contributed by atoms with Crippen LogP contribution in [0.4, 0.5) is 4.39 Å². The minimum Gasteiger partial charge on any atom is -0.244 e. The fourth-order valence-electron chi connectivity index (χ4n) is 1.26. The molecule has 0 amide bonds. The fourth-order valence-corrected chi connectivity index (χ4v) is 2.46. The molecule has 0 N–H and O–H groups in total. The van der Waals surface area contributed by atoms with Crippen LogP contribution < -0.4 is 0 Å². The zero-order valence-corrected chi connectivity index (χ0v) is 9.70. The molecule has 78 valence electrons. The molecule has 0 fully saturated rings. The number of halogens is 2. The summed E-state index contributed by atoms with van der Waals surface area (Å²) in [5, 5.41) is 1.25. The molecule has 2 rings (SSSR count). The normalized spacial score (nSPS) is 10.6. The molecule has 0 unspecified atom stereocenters. The Morgan fingerprint density at radius 1 is 1.47 bits per heavy atom. The van der Waals surface area contributed by atoms with Gasteiger partial charge in [0.25, 0.3) is 0 Å². The van der Waals surface area contributed by atoms with Gasteiger partial charge in [0, 0.05) is 16.6 Å². The SMILES string of the molecule is CCc1cnc(-c2ccc(F)cc2Cl)s1. The lowest BCUT2D eigenvalue weighted by molar-refractivity contribution is 0.628. The molecule has 0 radical (unpaired) electrons. The summed E-state index contributed by atoms with van der Waals surface area (Å²) in [6, 6.07) is 4.37. The van der Waals surface area contributed by atoms with Crippen LogP contribution in [0.15, 0.2) is 24.4 Å². The van der Waals surface area contributed by atoms with Crippen molar-refractivity contribution in [1.29, 1.82) is 0 Å². The van der Waals surface area contributed by atoms with E-state index in [0.29, 0.717) is 5.02 Å². The first-order valence-electron chi connectivity index (χ1n) is 4.61. The predicted molar refractivity (Wildman–Crippen MR) is 61.9 cm³/mol. The maximum absolute atomic E-state index is 12.8. The molecule has 2 aromatic rings. The Balaban J connectivity index is 2.44. The lowest BCUT2D eigenvalue weighted by atomic mass is 10.2. The maximum atomic E-state index is 12.8. The number of hydrogen-bond acceptors (Lipinski definition) is 2. The van der Waals surface area contributed by atoms with Crippen LogP contribution in [0, 0.1) is 5.82 Å². The van der Waals surface area contributed by atoms with Crippen molar-refractivity contribution in [2.24, 2.45) is 0 Å². The van der Waals surface area contributed by atoms with E-state index in [2.05, 4.69) is 11.9 Å². The molecule has 0 spiro atoms. The highest BCUT2D eigenvalue weighted by atomic mass is 35.5. The summed E-state index contributed by atoms with van der Waals surface area (Å²) in [6.07, 6.45) is 2.79. The van der Waals surface area contributed by atoms with Crippen molar-refractivity contribution in [3.8, 4) is 10.6 Å². The van der Waals surface area contributed by atoms with Crippen LogP contribution in [0.5, 0.6) is 0 Å². The molecule has 0 aliphatic carbocycles. The third-order valence-corrected chi connectivity index (χ3v) is 3.55. The Hall–Kier alpha value is -0.930. The van der Waals surface area contributed by atoms with E-state index in [0.717, 1.165) is 17.0 Å². The lowest BCUT2D eigenvalue weighted by Crippen LogP contribution is -1.79. The van der Waals surface area contributed by atoms with Crippen LogP contribution in [0.1, 0.15) is 11.8 Å². The summed E-state index contributed by atoms with van der Waals surface area (Å²) in [6.45, 7) is 2.07. The van der Waals surface area contributed by atoms with Gasteiger partial charge in [0.15, 0.2) is 0 Å². The second-order valence-corrected chi connectivity index (χ2v) is 4.63. The van der Waals surface area contributed by atoms with Gasteiger partial charge in [-0.1, -0.05) is 18.5 Å². The summed E-state index contributed by atoms with van der Waals surface area (Å²) in [5.74, 6) is -0.323. The molecule has 0 saturated carbocycles. The first-order valence-corrected chi connectivity index (χ1v) is 5.80. The van der Waals surface area contributed by atoms with Crippen molar-refractivity contribution < 1.29 is 4.39 Å². The van der Waals surface area contributed by atoms with Crippen molar-refractivity contribution in [1.82, 2.24) is 4.98 Å². The van der Waals surface area contributed by atoms with Gasteiger partial charge in [-0.25, -0.2) is 9.37 Å². The Kier molecular flexibility index (Phi) is 3.03. The van der Waals surface area contributed by atoms with Gasteiger partial charge in [0.05, 0.1) is 5.02 Å². The average molecular weight is 242 g/mol. The largest absolute Gasteiger partial charge is 0.244 e. The first kappa shape index (κ1) is 10.6. The summed E-state index contributed by atoms with van der Waals surface area (Å²) >= 11 is 7.53. The smallest absolute Gasteiger partial charge is 0.125 e. The first-order chi connectivity index (χ1) is 7.20. The van der Waals surface area contributed by atoms with Gasteiger partial charge in [-0.3, -0.25) is 0 Å². The van der Waals surface area contributed by atoms with E-state index in [1.165, 1.54) is 17.0 Å². The van der Waals surface area contributed by atoms with Crippen molar-refractivity contribution >= 4 is 22.9 Å². The molecule has 4 heteroatoms. The molecule has 1 aromatic carbocycles. The quantitative estimate of drug-likeness (QED) is 0.769. The van der Waals surface area contributed by atoms with Crippen molar-refractivity contribution in [3.05, 3.63) is 40.1 Å². The van der Waals surface area contributed by atoms with Gasteiger partial charge in [-0.2, -0.15) is 0 Å². The van der Waals surface area contributed by atoms with Crippen LogP contribution in [0.25, 0.3) is 10.6 Å². The lowest BCUT2D eigenvalue weighted by Gasteiger charge is -1.99. The monoisotopic (exact) mass is 241 g/mol. The van der Waals surface area contributed by atoms with Crippen LogP contribution >= 0.6 is 22.9 Å². The number of aryl methyl sites for hydroxylation is 1. The minimum absolute atomic E-state index is 0.323. The van der Waals surface area contributed by atoms with Gasteiger partial charge in [-0.05, 0) is 24.6 Å². The van der Waals surface area contributed by atoms with Crippen LogP contribution in [0.3, 0.4) is 0 Å². The summed E-state index contributed by atoms with van der Waals surface area (Å²) in [7, 11) is 0. The molecule has 0 aliphatic rings. The van der Waals surface area contributed by atoms with E-state index in [4.69, 9.17) is 11.6 Å². The highest BCUT2D eigenvalue weighted by Gasteiger charge is 2.08. The molecule has 1 nitrogen and oxygen atoms in total. The molecular formula is C11H9ClFNS. The van der Waals surface area contributed by atoms with Gasteiger partial charge < -0.3 is 0 Å². The van der Waals surface area contributed by atoms with Gasteiger partial charge >= 0.3 is 0 Å². The van der Waals surface area contributed by atoms with Crippen LogP contribution in [0.2, 0.25) is 5.02 Å². The molecule has 0 atom stereocenters. The number of benzene rings is 1. The van der Waals surface area contributed by atoms with E-state index in [9.17, 15) is 4.39 Å². The second-order valence-electron chi connectivity index (χ2n) is 3.11. The standard InChI is InChI=1S/C11H9ClFNS/c1-2-8-6-14-11(15-8)9-4-3-7(13)5-10(9)12/h3-6H,2H2,1H3. The van der Waals surface area contributed by atoms with Crippen LogP contribution in [-0.4, -0.2) is 4.98 Å². The number of nitrogens with zero attached hydrogens (tertiary/aromatic N) is 1. The second kappa shape index (κ2) is 4.29. The van der Waals surface area contributed by atoms with Crippen molar-refractivity contribution in [2.45, 2.75) is 13.3 Å². The third kappa shape index (κ3) is 2.19. The van der Waals surface area contributed by atoms with Gasteiger partial charge in [0.2, 0.25) is 0 Å². The number of hydrogen-bond donors (Lipinski definition) is 0. The Labute approximate surface area is 96.5 Å². The number of aromatic nitrogens is 1. The average Bonchev–Trinajstić information content (AvgIpc) is 2.66. The van der Waals surface area contributed by atoms with E-state index in [-0.39, 0.29) is 5.82 Å². The fraction of sp³-hybridized carbons (Fsp3) is 0.182. The van der Waals surface area contributed by atoms with E-state index >= 15 is 0 Å². The van der Waals surface area contributed by atoms with E-state index in [1.807, 2.05) is 6.20 Å². The Bertz CT molecular complexity index is 481. The molecule has 1 aromatic heterocycles. The highest BCUT2D eigenvalue weighted by Crippen LogP contribution is 2.31. The Morgan fingerprint density at radius 2 is 2.27 bits per heavy atom. The number of rotatable bonds is 2. The topological polar surface area (TPSA) is 12.9 Å². The minimum atomic E-state index is -0.323. The summed E-state index contributed by atoms with van der Waals surface area (Å²) in [4.78, 5) is 5.46. The summed E-state index contributed by atoms with van der Waals surface area (Å²) < 4.78 is 12.8. The van der Waals surface area contributed by atoms with E-state index in [1.54, 1.807) is 17.4 Å². The molecule has 1 heterocycles. The zero-order chi connectivity index (χ0) is 10.8. The molecular weight excluding hydrogens is 233 g/mol. The molecule has 0 bridgehead atoms. The maximum Gasteiger partial charge on any atom is 0.125 e. The van der Waals surface area contributed by atoms with Gasteiger partial charge in [-0.15, -0.1) is 11.3 Å². The van der Waals surface area contributed by atoms with Gasteiger partial charge in [0.1, 0.15) is 10.8 Å². The molecule has 0 aliphatic heterocycles. The van der Waals surface area contributed by atoms with Crippen molar-refractivity contribution in [2.75, 3.05) is 0 Å². The molecule has 15 heavy (non-hydrogen) atoms. The van der Waals surface area contributed by atoms with Crippen LogP contribution in [-0.2, 0) is 6.42 Å². The predicted octanol–water partition coefficient (Wildman–Crippen LogP) is 4.17. The zero-order valence-electron chi connectivity index (χ0n) is 8.13. The highest BCUT2D eigenvalue weighted by molar-refractivity contribution is 7.15. The van der Waals surface area contributed by atoms with Crippen molar-refractivity contribution in [3.63, 3.8) is 0 Å².